The zero-order valence-electron chi connectivity index (χ0n) is 23.3. The molecule has 1 saturated carbocycles. The Morgan fingerprint density at radius 2 is 1.66 bits per heavy atom. The monoisotopic (exact) mass is 559 g/mol. The lowest BCUT2D eigenvalue weighted by atomic mass is 9.69. The molecule has 0 aromatic heterocycles. The number of carbonyl (C=O) groups is 4. The highest BCUT2D eigenvalue weighted by Gasteiger charge is 2.50. The first kappa shape index (κ1) is 29.8. The van der Waals surface area contributed by atoms with Crippen molar-refractivity contribution in [3.05, 3.63) is 89.5 Å². The fourth-order valence-corrected chi connectivity index (χ4v) is 5.45. The first-order valence-electron chi connectivity index (χ1n) is 14.0. The SMILES string of the molecule is CCOC(=O)C(=O)C1(c2ccccc2)C=CC(c2ccc(C(=O)C(CC3CCCCC3)=NOC(C)=O)cc2)=CC1F. The average molecular weight is 560 g/mol. The summed E-state index contributed by atoms with van der Waals surface area (Å²) in [6, 6.07) is 14.9. The number of benzene rings is 2. The molecule has 2 unspecified atom stereocenters. The average Bonchev–Trinajstić information content (AvgIpc) is 2.99. The lowest BCUT2D eigenvalue weighted by molar-refractivity contribution is -0.156. The van der Waals surface area contributed by atoms with E-state index in [0.717, 1.165) is 25.7 Å². The molecule has 2 aliphatic carbocycles. The summed E-state index contributed by atoms with van der Waals surface area (Å²) in [5.41, 5.74) is 0.172. The van der Waals surface area contributed by atoms with Crippen LogP contribution in [0.1, 0.15) is 73.9 Å². The largest absolute Gasteiger partial charge is 0.460 e. The Kier molecular flexibility index (Phi) is 9.76. The van der Waals surface area contributed by atoms with E-state index in [0.29, 0.717) is 34.6 Å². The molecule has 7 nitrogen and oxygen atoms in total. The molecule has 0 aliphatic heterocycles. The van der Waals surface area contributed by atoms with Gasteiger partial charge in [0.1, 0.15) is 17.3 Å². The lowest BCUT2D eigenvalue weighted by Crippen LogP contribution is -2.47. The maximum atomic E-state index is 16.0. The van der Waals surface area contributed by atoms with Gasteiger partial charge in [-0.3, -0.25) is 9.59 Å². The number of oxime groups is 1. The molecular formula is C33H34FNO6. The van der Waals surface area contributed by atoms with Gasteiger partial charge in [-0.25, -0.2) is 14.0 Å². The summed E-state index contributed by atoms with van der Waals surface area (Å²) in [4.78, 5) is 55.1. The van der Waals surface area contributed by atoms with Crippen LogP contribution in [0.5, 0.6) is 0 Å². The predicted molar refractivity (Wildman–Crippen MR) is 153 cm³/mol. The molecular weight excluding hydrogens is 525 g/mol. The van der Waals surface area contributed by atoms with Crippen molar-refractivity contribution in [1.29, 1.82) is 0 Å². The van der Waals surface area contributed by atoms with Gasteiger partial charge in [-0.15, -0.1) is 0 Å². The highest BCUT2D eigenvalue weighted by Crippen LogP contribution is 2.40. The molecule has 214 valence electrons. The summed E-state index contributed by atoms with van der Waals surface area (Å²) < 4.78 is 20.9. The van der Waals surface area contributed by atoms with Gasteiger partial charge in [0.2, 0.25) is 5.78 Å². The number of nitrogens with zero attached hydrogens (tertiary/aromatic N) is 1. The summed E-state index contributed by atoms with van der Waals surface area (Å²) in [5.74, 6) is -2.70. The van der Waals surface area contributed by atoms with E-state index in [-0.39, 0.29) is 18.1 Å². The van der Waals surface area contributed by atoms with Crippen molar-refractivity contribution in [3.63, 3.8) is 0 Å². The first-order chi connectivity index (χ1) is 19.8. The number of esters is 1. The molecule has 0 heterocycles. The molecule has 0 radical (unpaired) electrons. The normalized spacial score (nSPS) is 21.1. The smallest absolute Gasteiger partial charge is 0.376 e. The molecule has 2 aromatic carbocycles. The number of Topliss-reactive ketones (excluding diaryl/α,β-unsaturated/α-hetero) is 2. The quantitative estimate of drug-likeness (QED) is 0.0869. The Morgan fingerprint density at radius 1 is 0.976 bits per heavy atom. The van der Waals surface area contributed by atoms with Crippen molar-refractivity contribution in [1.82, 2.24) is 0 Å². The number of allylic oxidation sites excluding steroid dienone is 4. The van der Waals surface area contributed by atoms with Crippen LogP contribution in [0.25, 0.3) is 5.57 Å². The standard InChI is InChI=1S/C33H34FNO6/c1-3-40-32(39)31(38)33(27-12-8-5-9-13-27)19-18-26(21-29(33)34)24-14-16-25(17-15-24)30(37)28(35-41-22(2)36)20-23-10-6-4-7-11-23/h5,8-9,12-19,21,23,29H,3-4,6-7,10-11,20H2,1-2H3. The van der Waals surface area contributed by atoms with E-state index in [1.165, 1.54) is 25.5 Å². The molecule has 41 heavy (non-hydrogen) atoms. The second kappa shape index (κ2) is 13.4. The molecule has 0 N–H and O–H groups in total. The summed E-state index contributed by atoms with van der Waals surface area (Å²) in [5, 5.41) is 3.88. The van der Waals surface area contributed by atoms with Crippen molar-refractivity contribution in [2.24, 2.45) is 11.1 Å². The predicted octanol–water partition coefficient (Wildman–Crippen LogP) is 6.12. The molecule has 0 bridgehead atoms. The molecule has 2 aliphatic rings. The zero-order chi connectivity index (χ0) is 29.4. The Balaban J connectivity index is 1.58. The second-order valence-corrected chi connectivity index (χ2v) is 10.4. The second-order valence-electron chi connectivity index (χ2n) is 10.4. The van der Waals surface area contributed by atoms with Gasteiger partial charge in [0.05, 0.1) is 6.61 Å². The highest BCUT2D eigenvalue weighted by molar-refractivity contribution is 6.46. The molecule has 1 fully saturated rings. The lowest BCUT2D eigenvalue weighted by Gasteiger charge is -2.33. The van der Waals surface area contributed by atoms with Crippen molar-refractivity contribution in [2.75, 3.05) is 6.61 Å². The number of alkyl halides is 1. The maximum Gasteiger partial charge on any atom is 0.376 e. The molecule has 0 amide bonds. The number of halogens is 1. The van der Waals surface area contributed by atoms with Gasteiger partial charge in [-0.1, -0.05) is 104 Å². The van der Waals surface area contributed by atoms with Crippen LogP contribution < -0.4 is 0 Å². The topological polar surface area (TPSA) is 99.1 Å². The minimum Gasteiger partial charge on any atom is -0.460 e. The van der Waals surface area contributed by atoms with Crippen LogP contribution in [0.15, 0.2) is 78.0 Å². The summed E-state index contributed by atoms with van der Waals surface area (Å²) in [6.07, 6.45) is 8.28. The number of ketones is 2. The minimum atomic E-state index is -1.85. The van der Waals surface area contributed by atoms with Crippen LogP contribution in [0.3, 0.4) is 0 Å². The van der Waals surface area contributed by atoms with Crippen LogP contribution in [-0.4, -0.2) is 42.0 Å². The Bertz CT molecular complexity index is 1370. The molecule has 0 saturated heterocycles. The van der Waals surface area contributed by atoms with Gasteiger partial charge in [0.15, 0.2) is 0 Å². The number of rotatable bonds is 10. The number of hydrogen-bond acceptors (Lipinski definition) is 7. The summed E-state index contributed by atoms with van der Waals surface area (Å²) in [6.45, 7) is 2.81. The van der Waals surface area contributed by atoms with E-state index in [1.807, 2.05) is 0 Å². The van der Waals surface area contributed by atoms with E-state index < -0.39 is 29.3 Å². The van der Waals surface area contributed by atoms with Gasteiger partial charge in [0, 0.05) is 12.5 Å². The fraction of sp³-hybridized carbons (Fsp3) is 0.364. The van der Waals surface area contributed by atoms with Crippen LogP contribution in [0, 0.1) is 5.92 Å². The first-order valence-corrected chi connectivity index (χ1v) is 14.0. The van der Waals surface area contributed by atoms with Crippen molar-refractivity contribution in [2.45, 2.75) is 64.0 Å². The van der Waals surface area contributed by atoms with Gasteiger partial charge >= 0.3 is 11.9 Å². The van der Waals surface area contributed by atoms with Crippen molar-refractivity contribution in [3.8, 4) is 0 Å². The van der Waals surface area contributed by atoms with E-state index in [2.05, 4.69) is 5.16 Å². The number of carbonyl (C=O) groups excluding carboxylic acids is 4. The number of hydrogen-bond donors (Lipinski definition) is 0. The highest BCUT2D eigenvalue weighted by atomic mass is 19.1. The van der Waals surface area contributed by atoms with Gasteiger partial charge in [-0.05, 0) is 42.0 Å². The Hall–Kier alpha value is -4.20. The van der Waals surface area contributed by atoms with Crippen molar-refractivity contribution < 1.29 is 33.1 Å². The fourth-order valence-electron chi connectivity index (χ4n) is 5.45. The molecule has 8 heteroatoms. The van der Waals surface area contributed by atoms with Crippen LogP contribution in [0.4, 0.5) is 4.39 Å². The summed E-state index contributed by atoms with van der Waals surface area (Å²) >= 11 is 0. The third-order valence-electron chi connectivity index (χ3n) is 7.61. The van der Waals surface area contributed by atoms with Gasteiger partial charge in [-0.2, -0.15) is 0 Å². The zero-order valence-corrected chi connectivity index (χ0v) is 23.3. The van der Waals surface area contributed by atoms with Gasteiger partial charge in [0.25, 0.3) is 5.78 Å². The van der Waals surface area contributed by atoms with E-state index in [1.54, 1.807) is 67.6 Å². The molecule has 2 atom stereocenters. The molecule has 4 rings (SSSR count). The minimum absolute atomic E-state index is 0.00375. The van der Waals surface area contributed by atoms with Crippen LogP contribution in [-0.2, 0) is 29.4 Å². The number of ether oxygens (including phenoxy) is 1. The Labute approximate surface area is 239 Å². The molecule has 2 aromatic rings. The van der Waals surface area contributed by atoms with E-state index >= 15 is 4.39 Å². The molecule has 0 spiro atoms. The van der Waals surface area contributed by atoms with Crippen molar-refractivity contribution >= 4 is 34.8 Å². The third kappa shape index (κ3) is 6.76. The summed E-state index contributed by atoms with van der Waals surface area (Å²) in [7, 11) is 0. The van der Waals surface area contributed by atoms with Crippen LogP contribution >= 0.6 is 0 Å². The van der Waals surface area contributed by atoms with E-state index in [4.69, 9.17) is 9.57 Å². The maximum absolute atomic E-state index is 16.0. The Morgan fingerprint density at radius 3 is 2.27 bits per heavy atom. The van der Waals surface area contributed by atoms with E-state index in [9.17, 15) is 19.2 Å². The van der Waals surface area contributed by atoms with Crippen LogP contribution in [0.2, 0.25) is 0 Å². The third-order valence-corrected chi connectivity index (χ3v) is 7.61. The van der Waals surface area contributed by atoms with Gasteiger partial charge < -0.3 is 9.57 Å².